The molecule has 2 atom stereocenters. The van der Waals surface area contributed by atoms with Gasteiger partial charge in [-0.15, -0.1) is 0 Å². The summed E-state index contributed by atoms with van der Waals surface area (Å²) in [4.78, 5) is 0. The molecular weight excluding hydrogens is 114 g/mol. The maximum Gasteiger partial charge on any atom is 0.0557 e. The van der Waals surface area contributed by atoms with Crippen LogP contribution in [0.1, 0.15) is 32.6 Å². The largest absolute Gasteiger partial charge is 0.393 e. The molecule has 0 amide bonds. The fourth-order valence-electron chi connectivity index (χ4n) is 1.48. The van der Waals surface area contributed by atoms with Crippen molar-refractivity contribution in [2.75, 3.05) is 0 Å². The molecular formula is C7H15NO. The van der Waals surface area contributed by atoms with Crippen LogP contribution >= 0.6 is 0 Å². The van der Waals surface area contributed by atoms with Crippen molar-refractivity contribution < 1.29 is 5.11 Å². The standard InChI is InChI=1S/C7H15NO/c1-7(8)4-2-3-6(9)5-7/h6,9H,2-5,8H2,1H3. The zero-order valence-electron chi connectivity index (χ0n) is 5.93. The molecule has 0 aliphatic heterocycles. The monoisotopic (exact) mass is 129 g/mol. The summed E-state index contributed by atoms with van der Waals surface area (Å²) >= 11 is 0. The van der Waals surface area contributed by atoms with Crippen molar-refractivity contribution in [1.82, 2.24) is 0 Å². The average Bonchev–Trinajstić information content (AvgIpc) is 1.60. The summed E-state index contributed by atoms with van der Waals surface area (Å²) < 4.78 is 0. The van der Waals surface area contributed by atoms with Gasteiger partial charge in [0.15, 0.2) is 0 Å². The number of rotatable bonds is 0. The van der Waals surface area contributed by atoms with Gasteiger partial charge in [-0.2, -0.15) is 0 Å². The molecule has 3 N–H and O–H groups in total. The third kappa shape index (κ3) is 1.95. The number of aliphatic hydroxyl groups is 1. The Bertz CT molecular complexity index is 101. The topological polar surface area (TPSA) is 46.2 Å². The SMILES string of the molecule is CC1(N)CCCC(O)C1. The van der Waals surface area contributed by atoms with Crippen molar-refractivity contribution in [2.24, 2.45) is 5.73 Å². The average molecular weight is 129 g/mol. The van der Waals surface area contributed by atoms with Crippen LogP contribution in [0.15, 0.2) is 0 Å². The van der Waals surface area contributed by atoms with Crippen LogP contribution in [0.4, 0.5) is 0 Å². The minimum atomic E-state index is -0.145. The molecule has 1 aliphatic rings. The normalized spacial score (nSPS) is 45.0. The smallest absolute Gasteiger partial charge is 0.0557 e. The predicted molar refractivity (Wildman–Crippen MR) is 37.1 cm³/mol. The first kappa shape index (κ1) is 7.03. The summed E-state index contributed by atoms with van der Waals surface area (Å²) in [6, 6.07) is 0. The van der Waals surface area contributed by atoms with Gasteiger partial charge in [-0.3, -0.25) is 0 Å². The second-order valence-electron chi connectivity index (χ2n) is 3.40. The molecule has 0 radical (unpaired) electrons. The van der Waals surface area contributed by atoms with Crippen molar-refractivity contribution in [1.29, 1.82) is 0 Å². The van der Waals surface area contributed by atoms with Crippen molar-refractivity contribution in [3.8, 4) is 0 Å². The van der Waals surface area contributed by atoms with Crippen LogP contribution in [0.3, 0.4) is 0 Å². The van der Waals surface area contributed by atoms with E-state index >= 15 is 0 Å². The molecule has 0 spiro atoms. The van der Waals surface area contributed by atoms with E-state index in [4.69, 9.17) is 10.8 Å². The van der Waals surface area contributed by atoms with Crippen molar-refractivity contribution in [3.63, 3.8) is 0 Å². The Balaban J connectivity index is 2.41. The third-order valence-corrected chi connectivity index (χ3v) is 1.99. The molecule has 2 nitrogen and oxygen atoms in total. The van der Waals surface area contributed by atoms with Gasteiger partial charge < -0.3 is 10.8 Å². The fraction of sp³-hybridized carbons (Fsp3) is 1.00. The van der Waals surface area contributed by atoms with E-state index in [0.29, 0.717) is 0 Å². The molecule has 0 aromatic rings. The number of nitrogens with two attached hydrogens (primary N) is 1. The lowest BCUT2D eigenvalue weighted by Gasteiger charge is -2.32. The molecule has 1 rings (SSSR count). The maximum absolute atomic E-state index is 9.16. The predicted octanol–water partition coefficient (Wildman–Crippen LogP) is 0.639. The summed E-state index contributed by atoms with van der Waals surface area (Å²) in [5, 5.41) is 9.16. The Hall–Kier alpha value is -0.0800. The molecule has 0 heterocycles. The Morgan fingerprint density at radius 2 is 2.33 bits per heavy atom. The highest BCUT2D eigenvalue weighted by Gasteiger charge is 2.26. The highest BCUT2D eigenvalue weighted by atomic mass is 16.3. The van der Waals surface area contributed by atoms with Crippen LogP contribution in [-0.2, 0) is 0 Å². The molecule has 1 aliphatic carbocycles. The first-order valence-electron chi connectivity index (χ1n) is 3.57. The second-order valence-corrected chi connectivity index (χ2v) is 3.40. The number of hydrogen-bond donors (Lipinski definition) is 2. The Labute approximate surface area is 56.1 Å². The van der Waals surface area contributed by atoms with E-state index in [2.05, 4.69) is 0 Å². The number of hydrogen-bond acceptors (Lipinski definition) is 2. The summed E-state index contributed by atoms with van der Waals surface area (Å²) in [5.41, 5.74) is 5.71. The minimum Gasteiger partial charge on any atom is -0.393 e. The van der Waals surface area contributed by atoms with Gasteiger partial charge in [-0.05, 0) is 32.6 Å². The fourth-order valence-corrected chi connectivity index (χ4v) is 1.48. The van der Waals surface area contributed by atoms with Gasteiger partial charge in [0.1, 0.15) is 0 Å². The first-order valence-corrected chi connectivity index (χ1v) is 3.57. The van der Waals surface area contributed by atoms with Crippen LogP contribution in [-0.4, -0.2) is 16.7 Å². The van der Waals surface area contributed by atoms with E-state index in [9.17, 15) is 0 Å². The van der Waals surface area contributed by atoms with E-state index in [1.165, 1.54) is 0 Å². The highest BCUT2D eigenvalue weighted by Crippen LogP contribution is 2.25. The lowest BCUT2D eigenvalue weighted by molar-refractivity contribution is 0.0938. The van der Waals surface area contributed by atoms with Gasteiger partial charge in [0.2, 0.25) is 0 Å². The third-order valence-electron chi connectivity index (χ3n) is 1.99. The summed E-state index contributed by atoms with van der Waals surface area (Å²) in [6.07, 6.45) is 3.70. The van der Waals surface area contributed by atoms with Crippen LogP contribution < -0.4 is 5.73 Å². The van der Waals surface area contributed by atoms with E-state index in [1.807, 2.05) is 6.92 Å². The van der Waals surface area contributed by atoms with E-state index in [-0.39, 0.29) is 11.6 Å². The Morgan fingerprint density at radius 3 is 2.67 bits per heavy atom. The lowest BCUT2D eigenvalue weighted by Crippen LogP contribution is -2.42. The van der Waals surface area contributed by atoms with Crippen LogP contribution in [0.5, 0.6) is 0 Å². The molecule has 2 heteroatoms. The highest BCUT2D eigenvalue weighted by molar-refractivity contribution is 4.85. The van der Waals surface area contributed by atoms with Crippen molar-refractivity contribution in [3.05, 3.63) is 0 Å². The van der Waals surface area contributed by atoms with Gasteiger partial charge in [0, 0.05) is 5.54 Å². The van der Waals surface area contributed by atoms with Gasteiger partial charge >= 0.3 is 0 Å². The van der Waals surface area contributed by atoms with Gasteiger partial charge in [-0.25, -0.2) is 0 Å². The van der Waals surface area contributed by atoms with Crippen molar-refractivity contribution >= 4 is 0 Å². The summed E-state index contributed by atoms with van der Waals surface area (Å²) in [7, 11) is 0. The zero-order valence-corrected chi connectivity index (χ0v) is 5.93. The Kier molecular flexibility index (Phi) is 1.78. The molecule has 0 aromatic carbocycles. The summed E-state index contributed by atoms with van der Waals surface area (Å²) in [6.45, 7) is 2.01. The molecule has 0 aromatic heterocycles. The second kappa shape index (κ2) is 2.27. The van der Waals surface area contributed by atoms with E-state index in [1.54, 1.807) is 0 Å². The van der Waals surface area contributed by atoms with E-state index < -0.39 is 0 Å². The van der Waals surface area contributed by atoms with Crippen LogP contribution in [0, 0.1) is 0 Å². The molecule has 0 bridgehead atoms. The quantitative estimate of drug-likeness (QED) is 0.504. The molecule has 0 saturated heterocycles. The zero-order chi connectivity index (χ0) is 6.91. The lowest BCUT2D eigenvalue weighted by atomic mass is 9.83. The van der Waals surface area contributed by atoms with E-state index in [0.717, 1.165) is 25.7 Å². The molecule has 54 valence electrons. The van der Waals surface area contributed by atoms with Crippen LogP contribution in [0.2, 0.25) is 0 Å². The van der Waals surface area contributed by atoms with Gasteiger partial charge in [-0.1, -0.05) is 0 Å². The molecule has 1 fully saturated rings. The number of aliphatic hydroxyl groups excluding tert-OH is 1. The van der Waals surface area contributed by atoms with Gasteiger partial charge in [0.05, 0.1) is 6.10 Å². The van der Waals surface area contributed by atoms with Crippen LogP contribution in [0.25, 0.3) is 0 Å². The Morgan fingerprint density at radius 1 is 1.67 bits per heavy atom. The summed E-state index contributed by atoms with van der Waals surface area (Å²) in [5.74, 6) is 0. The van der Waals surface area contributed by atoms with Crippen molar-refractivity contribution in [2.45, 2.75) is 44.2 Å². The van der Waals surface area contributed by atoms with Gasteiger partial charge in [0.25, 0.3) is 0 Å². The maximum atomic E-state index is 9.16. The molecule has 2 unspecified atom stereocenters. The minimum absolute atomic E-state index is 0.0995. The molecule has 1 saturated carbocycles. The first-order chi connectivity index (χ1) is 4.10. The molecule has 9 heavy (non-hydrogen) atoms.